The second-order valence-corrected chi connectivity index (χ2v) is 9.16. The van der Waals surface area contributed by atoms with E-state index in [4.69, 9.17) is 9.26 Å². The van der Waals surface area contributed by atoms with Crippen LogP contribution >= 0.6 is 11.8 Å². The maximum absolute atomic E-state index is 13.2. The average Bonchev–Trinajstić information content (AvgIpc) is 3.48. The number of carbonyl (C=O) groups excluding carboxylic acids is 1. The quantitative estimate of drug-likeness (QED) is 0.463. The number of rotatable bonds is 9. The fourth-order valence-electron chi connectivity index (χ4n) is 4.17. The number of nitrogens with one attached hydrogen (secondary N) is 1. The Morgan fingerprint density at radius 1 is 1.24 bits per heavy atom. The average molecular weight is 467 g/mol. The number of hydrogen-bond donors (Lipinski definition) is 1. The van der Waals surface area contributed by atoms with Crippen molar-refractivity contribution in [1.82, 2.24) is 20.4 Å². The molecule has 33 heavy (non-hydrogen) atoms. The summed E-state index contributed by atoms with van der Waals surface area (Å²) in [6.07, 6.45) is 4.08. The van der Waals surface area contributed by atoms with Crippen LogP contribution in [0.25, 0.3) is 0 Å². The van der Waals surface area contributed by atoms with Gasteiger partial charge in [-0.1, -0.05) is 17.3 Å². The molecule has 0 radical (unpaired) electrons. The Morgan fingerprint density at radius 2 is 2.06 bits per heavy atom. The number of benzene rings is 1. The molecule has 0 saturated carbocycles. The van der Waals surface area contributed by atoms with Gasteiger partial charge in [0.2, 0.25) is 0 Å². The van der Waals surface area contributed by atoms with Crippen molar-refractivity contribution in [2.45, 2.75) is 43.5 Å². The van der Waals surface area contributed by atoms with Crippen molar-refractivity contribution in [3.05, 3.63) is 70.7 Å². The van der Waals surface area contributed by atoms with E-state index in [1.54, 1.807) is 19.4 Å². The highest BCUT2D eigenvalue weighted by molar-refractivity contribution is 7.98. The first-order chi connectivity index (χ1) is 16.1. The van der Waals surface area contributed by atoms with E-state index in [0.29, 0.717) is 22.9 Å². The van der Waals surface area contributed by atoms with E-state index in [9.17, 15) is 4.79 Å². The molecule has 7 nitrogen and oxygen atoms in total. The normalized spacial score (nSPS) is 14.9. The van der Waals surface area contributed by atoms with Crippen LogP contribution in [0.1, 0.15) is 51.8 Å². The van der Waals surface area contributed by atoms with Gasteiger partial charge in [0, 0.05) is 24.1 Å². The molecule has 1 aliphatic rings. The van der Waals surface area contributed by atoms with E-state index in [1.165, 1.54) is 24.6 Å². The Hall–Kier alpha value is -2.84. The minimum Gasteiger partial charge on any atom is -0.497 e. The summed E-state index contributed by atoms with van der Waals surface area (Å²) >= 11 is 1.52. The summed E-state index contributed by atoms with van der Waals surface area (Å²) < 4.78 is 10.7. The molecule has 0 bridgehead atoms. The molecule has 0 spiro atoms. The predicted molar refractivity (Wildman–Crippen MR) is 129 cm³/mol. The lowest BCUT2D eigenvalue weighted by Gasteiger charge is -2.28. The van der Waals surface area contributed by atoms with Crippen LogP contribution < -0.4 is 10.1 Å². The molecule has 1 saturated heterocycles. The van der Waals surface area contributed by atoms with Crippen LogP contribution in [-0.4, -0.2) is 47.7 Å². The van der Waals surface area contributed by atoms with Crippen LogP contribution in [0.3, 0.4) is 0 Å². The van der Waals surface area contributed by atoms with Gasteiger partial charge in [-0.15, -0.1) is 11.8 Å². The number of likely N-dealkylation sites (tertiary alicyclic amines) is 1. The number of methoxy groups -OCH3 is 1. The zero-order valence-corrected chi connectivity index (χ0v) is 20.2. The molecule has 1 amide bonds. The molecule has 174 valence electrons. The van der Waals surface area contributed by atoms with Gasteiger partial charge < -0.3 is 14.6 Å². The van der Waals surface area contributed by atoms with Crippen LogP contribution in [-0.2, 0) is 5.75 Å². The van der Waals surface area contributed by atoms with E-state index in [1.807, 2.05) is 32.0 Å². The third kappa shape index (κ3) is 5.57. The number of ether oxygens (including phenoxy) is 1. The van der Waals surface area contributed by atoms with Gasteiger partial charge in [0.25, 0.3) is 5.91 Å². The first-order valence-electron chi connectivity index (χ1n) is 11.2. The van der Waals surface area contributed by atoms with Crippen molar-refractivity contribution in [1.29, 1.82) is 0 Å². The van der Waals surface area contributed by atoms with Crippen molar-refractivity contribution >= 4 is 17.7 Å². The molecule has 4 rings (SSSR count). The molecule has 0 aliphatic carbocycles. The number of carbonyl (C=O) groups is 1. The van der Waals surface area contributed by atoms with E-state index < -0.39 is 0 Å². The highest BCUT2D eigenvalue weighted by Gasteiger charge is 2.25. The molecule has 8 heteroatoms. The molecular weight excluding hydrogens is 436 g/mol. The number of pyridine rings is 1. The van der Waals surface area contributed by atoms with Gasteiger partial charge >= 0.3 is 0 Å². The summed E-state index contributed by atoms with van der Waals surface area (Å²) in [5, 5.41) is 7.88. The Bertz CT molecular complexity index is 1080. The van der Waals surface area contributed by atoms with Crippen LogP contribution in [0.4, 0.5) is 0 Å². The monoisotopic (exact) mass is 466 g/mol. The van der Waals surface area contributed by atoms with E-state index >= 15 is 0 Å². The van der Waals surface area contributed by atoms with Gasteiger partial charge in [0.05, 0.1) is 24.4 Å². The van der Waals surface area contributed by atoms with E-state index in [-0.39, 0.29) is 11.9 Å². The standard InChI is InChI=1S/C25H30N4O3S/c1-17-22(18(2)32-28-17)16-33-25-21(10-7-11-26-25)24(30)27-15-23(29-12-4-5-13-29)19-8-6-9-20(14-19)31-3/h6-11,14,23H,4-5,12-13,15-16H2,1-3H3,(H,27,30)/t23-/m1/s1. The van der Waals surface area contributed by atoms with Crippen molar-refractivity contribution in [2.24, 2.45) is 0 Å². The molecule has 3 aromatic rings. The fourth-order valence-corrected chi connectivity index (χ4v) is 5.32. The highest BCUT2D eigenvalue weighted by Crippen LogP contribution is 2.29. The molecule has 0 unspecified atom stereocenters. The summed E-state index contributed by atoms with van der Waals surface area (Å²) in [4.78, 5) is 20.1. The molecule has 2 aromatic heterocycles. The lowest BCUT2D eigenvalue weighted by molar-refractivity contribution is 0.0934. The molecule has 1 aliphatic heterocycles. The van der Waals surface area contributed by atoms with Gasteiger partial charge in [0.15, 0.2) is 0 Å². The van der Waals surface area contributed by atoms with Crippen molar-refractivity contribution < 1.29 is 14.1 Å². The van der Waals surface area contributed by atoms with Crippen LogP contribution in [0.5, 0.6) is 5.75 Å². The summed E-state index contributed by atoms with van der Waals surface area (Å²) in [5.41, 5.74) is 3.65. The second-order valence-electron chi connectivity index (χ2n) is 8.19. The lowest BCUT2D eigenvalue weighted by Crippen LogP contribution is -2.37. The maximum Gasteiger partial charge on any atom is 0.254 e. The molecular formula is C25H30N4O3S. The Kier molecular flexibility index (Phi) is 7.67. The zero-order chi connectivity index (χ0) is 23.2. The van der Waals surface area contributed by atoms with E-state index in [2.05, 4.69) is 32.5 Å². The summed E-state index contributed by atoms with van der Waals surface area (Å²) in [5.74, 6) is 2.16. The number of thioether (sulfide) groups is 1. The Labute approximate surface area is 198 Å². The summed E-state index contributed by atoms with van der Waals surface area (Å²) in [6.45, 7) is 6.41. The smallest absolute Gasteiger partial charge is 0.254 e. The van der Waals surface area contributed by atoms with Gasteiger partial charge in [-0.3, -0.25) is 9.69 Å². The number of nitrogens with zero attached hydrogens (tertiary/aromatic N) is 3. The second kappa shape index (κ2) is 10.9. The van der Waals surface area contributed by atoms with Gasteiger partial charge in [-0.05, 0) is 69.6 Å². The molecule has 1 N–H and O–H groups in total. The minimum atomic E-state index is -0.114. The van der Waals surface area contributed by atoms with Gasteiger partial charge in [-0.2, -0.15) is 0 Å². The van der Waals surface area contributed by atoms with Gasteiger partial charge in [0.1, 0.15) is 16.5 Å². The zero-order valence-electron chi connectivity index (χ0n) is 19.3. The number of aryl methyl sites for hydroxylation is 2. The minimum absolute atomic E-state index is 0.0987. The summed E-state index contributed by atoms with van der Waals surface area (Å²) in [7, 11) is 1.68. The van der Waals surface area contributed by atoms with Crippen LogP contribution in [0.2, 0.25) is 0 Å². The number of hydrogen-bond acceptors (Lipinski definition) is 7. The summed E-state index contributed by atoms with van der Waals surface area (Å²) in [6, 6.07) is 11.8. The van der Waals surface area contributed by atoms with Crippen molar-refractivity contribution in [3.8, 4) is 5.75 Å². The van der Waals surface area contributed by atoms with Gasteiger partial charge in [-0.25, -0.2) is 4.98 Å². The highest BCUT2D eigenvalue weighted by atomic mass is 32.2. The van der Waals surface area contributed by atoms with Crippen molar-refractivity contribution in [3.63, 3.8) is 0 Å². The lowest BCUT2D eigenvalue weighted by atomic mass is 10.0. The topological polar surface area (TPSA) is 80.5 Å². The molecule has 3 heterocycles. The third-order valence-electron chi connectivity index (χ3n) is 6.07. The Balaban J connectivity index is 1.47. The molecule has 1 atom stereocenters. The Morgan fingerprint density at radius 3 is 2.79 bits per heavy atom. The first-order valence-corrected chi connectivity index (χ1v) is 12.2. The SMILES string of the molecule is COc1cccc([C@@H](CNC(=O)c2cccnc2SCc2c(C)noc2C)N2CCCC2)c1. The predicted octanol–water partition coefficient (Wildman–Crippen LogP) is 4.55. The first kappa shape index (κ1) is 23.3. The van der Waals surface area contributed by atoms with Crippen LogP contribution in [0, 0.1) is 13.8 Å². The van der Waals surface area contributed by atoms with E-state index in [0.717, 1.165) is 41.4 Å². The molecule has 1 aromatic carbocycles. The largest absolute Gasteiger partial charge is 0.497 e. The fraction of sp³-hybridized carbons (Fsp3) is 0.400. The van der Waals surface area contributed by atoms with Crippen LogP contribution in [0.15, 0.2) is 52.1 Å². The third-order valence-corrected chi connectivity index (χ3v) is 7.10. The molecule has 1 fully saturated rings. The van der Waals surface area contributed by atoms with Crippen molar-refractivity contribution in [2.75, 3.05) is 26.7 Å². The maximum atomic E-state index is 13.2. The number of aromatic nitrogens is 2. The number of amides is 1.